The van der Waals surface area contributed by atoms with Crippen LogP contribution in [-0.4, -0.2) is 33.0 Å². The standard InChI is InChI=1S/C20H19N3O4S2/c1-27-16-10-9-15(23-11-5-8-19(23)24)12-18(16)29(25,26)22-20-21-13-17(28-20)14-6-3-2-4-7-14/h2-4,6-7,9-10,12-13H,5,8,11H2,1H3,(H,21,22). The second-order valence-corrected chi connectivity index (χ2v) is 9.17. The van der Waals surface area contributed by atoms with Crippen molar-refractivity contribution < 1.29 is 17.9 Å². The first-order valence-electron chi connectivity index (χ1n) is 9.00. The van der Waals surface area contributed by atoms with Crippen LogP contribution in [0.25, 0.3) is 10.4 Å². The van der Waals surface area contributed by atoms with Crippen molar-refractivity contribution in [2.75, 3.05) is 23.3 Å². The zero-order valence-electron chi connectivity index (χ0n) is 15.7. The summed E-state index contributed by atoms with van der Waals surface area (Å²) >= 11 is 1.24. The van der Waals surface area contributed by atoms with Crippen LogP contribution in [-0.2, 0) is 14.8 Å². The van der Waals surface area contributed by atoms with Crippen LogP contribution in [0, 0.1) is 0 Å². The lowest BCUT2D eigenvalue weighted by Crippen LogP contribution is -2.24. The molecule has 7 nitrogen and oxygen atoms in total. The van der Waals surface area contributed by atoms with Gasteiger partial charge < -0.3 is 9.64 Å². The van der Waals surface area contributed by atoms with E-state index in [9.17, 15) is 13.2 Å². The van der Waals surface area contributed by atoms with Crippen LogP contribution in [0.3, 0.4) is 0 Å². The molecule has 0 aliphatic carbocycles. The third-order valence-corrected chi connectivity index (χ3v) is 7.06. The number of thiazole rings is 1. The topological polar surface area (TPSA) is 88.6 Å². The molecule has 150 valence electrons. The van der Waals surface area contributed by atoms with Crippen LogP contribution in [0.1, 0.15) is 12.8 Å². The van der Waals surface area contributed by atoms with Gasteiger partial charge in [-0.05, 0) is 30.2 Å². The summed E-state index contributed by atoms with van der Waals surface area (Å²) in [5, 5.41) is 0.258. The van der Waals surface area contributed by atoms with Gasteiger partial charge in [-0.2, -0.15) is 0 Å². The van der Waals surface area contributed by atoms with Gasteiger partial charge in [-0.15, -0.1) is 0 Å². The highest BCUT2D eigenvalue weighted by atomic mass is 32.2. The Morgan fingerprint density at radius 3 is 2.66 bits per heavy atom. The number of rotatable bonds is 6. The summed E-state index contributed by atoms with van der Waals surface area (Å²) in [6.07, 6.45) is 2.86. The number of benzene rings is 2. The minimum Gasteiger partial charge on any atom is -0.495 e. The molecule has 1 aliphatic rings. The minimum atomic E-state index is -3.96. The van der Waals surface area contributed by atoms with Gasteiger partial charge in [0.25, 0.3) is 10.0 Å². The van der Waals surface area contributed by atoms with Crippen molar-refractivity contribution in [2.45, 2.75) is 17.7 Å². The van der Waals surface area contributed by atoms with E-state index >= 15 is 0 Å². The highest BCUT2D eigenvalue weighted by Crippen LogP contribution is 2.34. The number of ether oxygens (including phenoxy) is 1. The molecule has 1 amide bonds. The summed E-state index contributed by atoms with van der Waals surface area (Å²) in [4.78, 5) is 18.6. The second kappa shape index (κ2) is 7.84. The van der Waals surface area contributed by atoms with Crippen LogP contribution < -0.4 is 14.4 Å². The molecular weight excluding hydrogens is 410 g/mol. The average molecular weight is 430 g/mol. The molecule has 1 aromatic heterocycles. The molecule has 1 N–H and O–H groups in total. The number of hydrogen-bond donors (Lipinski definition) is 1. The lowest BCUT2D eigenvalue weighted by molar-refractivity contribution is -0.117. The smallest absolute Gasteiger partial charge is 0.267 e. The number of methoxy groups -OCH3 is 1. The van der Waals surface area contributed by atoms with E-state index in [1.807, 2.05) is 30.3 Å². The molecule has 1 aliphatic heterocycles. The predicted octanol–water partition coefficient (Wildman–Crippen LogP) is 3.75. The number of carbonyl (C=O) groups is 1. The van der Waals surface area contributed by atoms with Gasteiger partial charge in [-0.3, -0.25) is 9.52 Å². The van der Waals surface area contributed by atoms with Gasteiger partial charge in [-0.1, -0.05) is 41.7 Å². The Bertz CT molecular complexity index is 1140. The largest absolute Gasteiger partial charge is 0.495 e. The molecule has 9 heteroatoms. The maximum absolute atomic E-state index is 13.0. The Labute approximate surface area is 173 Å². The fourth-order valence-corrected chi connectivity index (χ4v) is 5.45. The van der Waals surface area contributed by atoms with E-state index in [1.54, 1.807) is 23.2 Å². The Morgan fingerprint density at radius 2 is 1.97 bits per heavy atom. The summed E-state index contributed by atoms with van der Waals surface area (Å²) < 4.78 is 33.9. The van der Waals surface area contributed by atoms with E-state index in [0.717, 1.165) is 16.9 Å². The van der Waals surface area contributed by atoms with Crippen molar-refractivity contribution in [1.82, 2.24) is 4.98 Å². The van der Waals surface area contributed by atoms with E-state index in [2.05, 4.69) is 9.71 Å². The highest BCUT2D eigenvalue weighted by Gasteiger charge is 2.26. The van der Waals surface area contributed by atoms with E-state index in [-0.39, 0.29) is 21.7 Å². The summed E-state index contributed by atoms with van der Waals surface area (Å²) in [6.45, 7) is 0.574. The number of amides is 1. The third-order valence-electron chi connectivity index (χ3n) is 4.61. The van der Waals surface area contributed by atoms with Crippen molar-refractivity contribution in [3.63, 3.8) is 0 Å². The van der Waals surface area contributed by atoms with Gasteiger partial charge >= 0.3 is 0 Å². The lowest BCUT2D eigenvalue weighted by Gasteiger charge is -2.18. The first kappa shape index (κ1) is 19.4. The number of nitrogens with one attached hydrogen (secondary N) is 1. The number of sulfonamides is 1. The number of aromatic nitrogens is 1. The molecule has 0 spiro atoms. The number of hydrogen-bond acceptors (Lipinski definition) is 6. The number of carbonyl (C=O) groups excluding carboxylic acids is 1. The molecule has 4 rings (SSSR count). The van der Waals surface area contributed by atoms with Gasteiger partial charge in [0.2, 0.25) is 5.91 Å². The van der Waals surface area contributed by atoms with E-state index in [0.29, 0.717) is 18.7 Å². The van der Waals surface area contributed by atoms with Gasteiger partial charge in [0.1, 0.15) is 10.6 Å². The molecule has 2 aromatic carbocycles. The quantitative estimate of drug-likeness (QED) is 0.645. The first-order valence-corrected chi connectivity index (χ1v) is 11.3. The molecule has 0 radical (unpaired) electrons. The summed E-state index contributed by atoms with van der Waals surface area (Å²) in [7, 11) is -2.55. The normalized spacial score (nSPS) is 14.2. The van der Waals surface area contributed by atoms with E-state index in [4.69, 9.17) is 4.74 Å². The van der Waals surface area contributed by atoms with Crippen molar-refractivity contribution in [3.8, 4) is 16.2 Å². The van der Waals surface area contributed by atoms with Crippen molar-refractivity contribution in [2.24, 2.45) is 0 Å². The summed E-state index contributed by atoms with van der Waals surface area (Å²) in [5.41, 5.74) is 1.50. The molecule has 2 heterocycles. The average Bonchev–Trinajstić information content (AvgIpc) is 3.37. The third kappa shape index (κ3) is 3.96. The zero-order valence-corrected chi connectivity index (χ0v) is 17.3. The molecular formula is C20H19N3O4S2. The lowest BCUT2D eigenvalue weighted by atomic mass is 10.2. The Hall–Kier alpha value is -2.91. The molecule has 3 aromatic rings. The first-order chi connectivity index (χ1) is 14.0. The molecule has 0 saturated carbocycles. The Morgan fingerprint density at radius 1 is 1.17 bits per heavy atom. The predicted molar refractivity (Wildman–Crippen MR) is 113 cm³/mol. The van der Waals surface area contributed by atoms with Crippen LogP contribution >= 0.6 is 11.3 Å². The summed E-state index contributed by atoms with van der Waals surface area (Å²) in [6, 6.07) is 14.3. The molecule has 0 atom stereocenters. The van der Waals surface area contributed by atoms with Crippen molar-refractivity contribution >= 4 is 38.1 Å². The molecule has 1 fully saturated rings. The van der Waals surface area contributed by atoms with Gasteiger partial charge in [-0.25, -0.2) is 13.4 Å². The van der Waals surface area contributed by atoms with Crippen LogP contribution in [0.5, 0.6) is 5.75 Å². The van der Waals surface area contributed by atoms with Crippen LogP contribution in [0.4, 0.5) is 10.8 Å². The summed E-state index contributed by atoms with van der Waals surface area (Å²) in [5.74, 6) is 0.187. The monoisotopic (exact) mass is 429 g/mol. The minimum absolute atomic E-state index is 0.0149. The van der Waals surface area contributed by atoms with E-state index < -0.39 is 10.0 Å². The maximum Gasteiger partial charge on any atom is 0.267 e. The molecule has 0 bridgehead atoms. The SMILES string of the molecule is COc1ccc(N2CCCC2=O)cc1S(=O)(=O)Nc1ncc(-c2ccccc2)s1. The van der Waals surface area contributed by atoms with Crippen LogP contribution in [0.2, 0.25) is 0 Å². The molecule has 0 unspecified atom stereocenters. The van der Waals surface area contributed by atoms with Gasteiger partial charge in [0, 0.05) is 24.8 Å². The van der Waals surface area contributed by atoms with E-state index in [1.165, 1.54) is 24.5 Å². The molecule has 29 heavy (non-hydrogen) atoms. The van der Waals surface area contributed by atoms with Gasteiger partial charge in [0.05, 0.1) is 12.0 Å². The fourth-order valence-electron chi connectivity index (χ4n) is 3.19. The Kier molecular flexibility index (Phi) is 5.25. The maximum atomic E-state index is 13.0. The fraction of sp³-hybridized carbons (Fsp3) is 0.200. The van der Waals surface area contributed by atoms with Crippen molar-refractivity contribution in [3.05, 3.63) is 54.7 Å². The van der Waals surface area contributed by atoms with Gasteiger partial charge in [0.15, 0.2) is 5.13 Å². The number of anilines is 2. The second-order valence-electron chi connectivity index (χ2n) is 6.49. The Balaban J connectivity index is 1.65. The highest BCUT2D eigenvalue weighted by molar-refractivity contribution is 7.93. The van der Waals surface area contributed by atoms with Crippen LogP contribution in [0.15, 0.2) is 59.6 Å². The molecule has 1 saturated heterocycles. The number of nitrogens with zero attached hydrogens (tertiary/aromatic N) is 2. The van der Waals surface area contributed by atoms with Crippen molar-refractivity contribution in [1.29, 1.82) is 0 Å². The zero-order chi connectivity index (χ0) is 20.4.